The number of amides is 3. The van der Waals surface area contributed by atoms with Gasteiger partial charge in [0.1, 0.15) is 17.9 Å². The van der Waals surface area contributed by atoms with E-state index >= 15 is 0 Å². The summed E-state index contributed by atoms with van der Waals surface area (Å²) in [6.45, 7) is 5.77. The highest BCUT2D eigenvalue weighted by Gasteiger charge is 2.37. The summed E-state index contributed by atoms with van der Waals surface area (Å²) in [5.41, 5.74) is 8.45. The van der Waals surface area contributed by atoms with Crippen LogP contribution in [0.25, 0.3) is 28.0 Å². The first-order valence-corrected chi connectivity index (χ1v) is 18.6. The molecule has 3 N–H and O–H groups in total. The molecule has 3 aromatic carbocycles. The number of aliphatic imine (C=N–C) groups is 1. The Bertz CT molecular complexity index is 1990. The molecule has 0 aliphatic carbocycles. The predicted molar refractivity (Wildman–Crippen MR) is 206 cm³/mol. The molecule has 11 heteroatoms. The number of benzene rings is 3. The lowest BCUT2D eigenvalue weighted by atomic mass is 9.96. The van der Waals surface area contributed by atoms with Gasteiger partial charge in [0, 0.05) is 31.4 Å². The molecule has 0 spiro atoms. The van der Waals surface area contributed by atoms with E-state index in [1.54, 1.807) is 11.8 Å². The molecule has 2 saturated heterocycles. The molecule has 53 heavy (non-hydrogen) atoms. The maximum atomic E-state index is 13.8. The van der Waals surface area contributed by atoms with Gasteiger partial charge in [0.2, 0.25) is 11.8 Å². The van der Waals surface area contributed by atoms with Gasteiger partial charge in [-0.25, -0.2) is 9.78 Å². The molecule has 0 saturated carbocycles. The molecule has 1 aromatic heterocycles. The third kappa shape index (κ3) is 7.66. The van der Waals surface area contributed by atoms with E-state index in [0.29, 0.717) is 13.1 Å². The van der Waals surface area contributed by atoms with Gasteiger partial charge >= 0.3 is 6.09 Å². The highest BCUT2D eigenvalue weighted by atomic mass is 16.5. The van der Waals surface area contributed by atoms with Crippen LogP contribution in [-0.4, -0.2) is 82.2 Å². The van der Waals surface area contributed by atoms with Crippen LogP contribution < -0.4 is 10.6 Å². The number of carbonyl (C=O) groups excluding carboxylic acids is 3. The van der Waals surface area contributed by atoms with Gasteiger partial charge in [-0.3, -0.25) is 14.6 Å². The molecule has 0 radical (unpaired) electrons. The van der Waals surface area contributed by atoms with Crippen LogP contribution in [0.15, 0.2) is 96.3 Å². The first-order valence-electron chi connectivity index (χ1n) is 18.6. The second-order valence-corrected chi connectivity index (χ2v) is 13.9. The van der Waals surface area contributed by atoms with Gasteiger partial charge in [-0.1, -0.05) is 85.8 Å². The number of aromatic nitrogens is 2. The number of nitrogens with zero attached hydrogens (tertiary/aromatic N) is 4. The van der Waals surface area contributed by atoms with Crippen molar-refractivity contribution in [3.05, 3.63) is 108 Å². The molecule has 7 rings (SSSR count). The van der Waals surface area contributed by atoms with Crippen molar-refractivity contribution >= 4 is 29.2 Å². The molecule has 274 valence electrons. The van der Waals surface area contributed by atoms with Crippen LogP contribution in [0.3, 0.4) is 0 Å². The SMILES string of the molecule is CCN[C@@H](C(=O)N1CCCC1C1=NC=C(c2ccc(-c3ccc(-c4cnc(C5CCCN5C(=O)[C@H](C)NC(=O)OC)[nH]4)cc3)cc2)C1)c1ccccc1. The van der Waals surface area contributed by atoms with Crippen molar-refractivity contribution in [1.82, 2.24) is 30.4 Å². The molecular weight excluding hydrogens is 667 g/mol. The zero-order valence-corrected chi connectivity index (χ0v) is 30.5. The Morgan fingerprint density at radius 1 is 0.849 bits per heavy atom. The Morgan fingerprint density at radius 2 is 1.47 bits per heavy atom. The summed E-state index contributed by atoms with van der Waals surface area (Å²) in [4.78, 5) is 55.3. The maximum absolute atomic E-state index is 13.8. The molecule has 4 atom stereocenters. The molecule has 3 amide bonds. The molecule has 3 aliphatic rings. The molecule has 2 unspecified atom stereocenters. The number of ether oxygens (including phenoxy) is 1. The normalized spacial score (nSPS) is 19.5. The number of allylic oxidation sites excluding steroid dienone is 1. The Balaban J connectivity index is 0.967. The van der Waals surface area contributed by atoms with E-state index in [9.17, 15) is 14.4 Å². The lowest BCUT2D eigenvalue weighted by molar-refractivity contribution is -0.134. The van der Waals surface area contributed by atoms with Crippen molar-refractivity contribution in [2.24, 2.45) is 4.99 Å². The fraction of sp³-hybridized carbons (Fsp3) is 0.357. The Morgan fingerprint density at radius 3 is 2.13 bits per heavy atom. The number of likely N-dealkylation sites (N-methyl/N-ethyl adjacent to an activating group) is 1. The number of rotatable bonds is 11. The van der Waals surface area contributed by atoms with Crippen LogP contribution in [0.1, 0.15) is 75.0 Å². The van der Waals surface area contributed by atoms with Crippen LogP contribution in [-0.2, 0) is 14.3 Å². The van der Waals surface area contributed by atoms with Crippen LogP contribution in [0.2, 0.25) is 0 Å². The summed E-state index contributed by atoms with van der Waals surface area (Å²) >= 11 is 0. The smallest absolute Gasteiger partial charge is 0.407 e. The van der Waals surface area contributed by atoms with Gasteiger partial charge in [-0.2, -0.15) is 0 Å². The van der Waals surface area contributed by atoms with E-state index in [-0.39, 0.29) is 29.9 Å². The summed E-state index contributed by atoms with van der Waals surface area (Å²) in [5.74, 6) is 0.697. The van der Waals surface area contributed by atoms with Crippen molar-refractivity contribution in [3.63, 3.8) is 0 Å². The van der Waals surface area contributed by atoms with E-state index in [1.165, 1.54) is 12.7 Å². The van der Waals surface area contributed by atoms with E-state index in [0.717, 1.165) is 83.7 Å². The monoisotopic (exact) mass is 713 g/mol. The largest absolute Gasteiger partial charge is 0.453 e. The predicted octanol–water partition coefficient (Wildman–Crippen LogP) is 6.68. The molecule has 11 nitrogen and oxygen atoms in total. The fourth-order valence-electron chi connectivity index (χ4n) is 7.80. The lowest BCUT2D eigenvalue weighted by Gasteiger charge is -2.30. The number of likely N-dealkylation sites (tertiary alicyclic amines) is 2. The van der Waals surface area contributed by atoms with Crippen molar-refractivity contribution in [2.45, 2.75) is 70.1 Å². The number of nitrogens with one attached hydrogen (secondary N) is 3. The average molecular weight is 714 g/mol. The van der Waals surface area contributed by atoms with Crippen molar-refractivity contribution < 1.29 is 19.1 Å². The standard InChI is InChI=1S/C42H47N7O4/c1-4-43-38(32-10-6-5-7-11-32)41(51)48-22-8-12-36(48)34-24-33(25-44-34)30-16-14-28(15-17-30)29-18-20-31(21-19-29)35-26-45-39(47-35)37-13-9-23-49(37)40(50)27(2)46-42(52)53-3/h5-7,10-11,14-21,25-27,36-38,43H,4,8-9,12-13,22-24H2,1-3H3,(H,45,47)(H,46,52)/t27-,36?,37?,38+/m0/s1. The second-order valence-electron chi connectivity index (χ2n) is 13.9. The number of carbonyl (C=O) groups is 3. The summed E-state index contributed by atoms with van der Waals surface area (Å²) in [6, 6.07) is 25.7. The summed E-state index contributed by atoms with van der Waals surface area (Å²) in [5, 5.41) is 5.97. The number of aromatic amines is 1. The van der Waals surface area contributed by atoms with Crippen molar-refractivity contribution in [3.8, 4) is 22.4 Å². The van der Waals surface area contributed by atoms with Crippen molar-refractivity contribution in [2.75, 3.05) is 26.7 Å². The Labute approximate surface area is 310 Å². The first kappa shape index (κ1) is 35.8. The summed E-state index contributed by atoms with van der Waals surface area (Å²) < 4.78 is 4.65. The van der Waals surface area contributed by atoms with E-state index < -0.39 is 12.1 Å². The third-order valence-corrected chi connectivity index (χ3v) is 10.6. The number of methoxy groups -OCH3 is 1. The fourth-order valence-corrected chi connectivity index (χ4v) is 7.80. The quantitative estimate of drug-likeness (QED) is 0.159. The number of alkyl carbamates (subject to hydrolysis) is 1. The van der Waals surface area contributed by atoms with Gasteiger partial charge in [0.05, 0.1) is 31.1 Å². The summed E-state index contributed by atoms with van der Waals surface area (Å²) in [6.07, 6.45) is 7.46. The number of H-pyrrole nitrogens is 1. The molecule has 3 aliphatic heterocycles. The number of hydrogen-bond donors (Lipinski definition) is 3. The summed E-state index contributed by atoms with van der Waals surface area (Å²) in [7, 11) is 1.28. The third-order valence-electron chi connectivity index (χ3n) is 10.6. The Kier molecular flexibility index (Phi) is 10.8. The average Bonchev–Trinajstić information content (AvgIpc) is 4.04. The minimum absolute atomic E-state index is 0.0171. The van der Waals surface area contributed by atoms with E-state index in [4.69, 9.17) is 4.99 Å². The van der Waals surface area contributed by atoms with Gasteiger partial charge in [0.25, 0.3) is 0 Å². The first-order chi connectivity index (χ1) is 25.8. The van der Waals surface area contributed by atoms with Crippen LogP contribution in [0, 0.1) is 0 Å². The van der Waals surface area contributed by atoms with Crippen molar-refractivity contribution in [1.29, 1.82) is 0 Å². The topological polar surface area (TPSA) is 132 Å². The molecular formula is C42H47N7O4. The van der Waals surface area contributed by atoms with Gasteiger partial charge in [-0.15, -0.1) is 0 Å². The highest BCUT2D eigenvalue weighted by molar-refractivity contribution is 6.03. The highest BCUT2D eigenvalue weighted by Crippen LogP contribution is 2.34. The van der Waals surface area contributed by atoms with Gasteiger partial charge < -0.3 is 30.2 Å². The van der Waals surface area contributed by atoms with Crippen LogP contribution in [0.5, 0.6) is 0 Å². The molecule has 4 aromatic rings. The number of imidazole rings is 1. The van der Waals surface area contributed by atoms with Gasteiger partial charge in [-0.05, 0) is 72.5 Å². The number of hydrogen-bond acceptors (Lipinski definition) is 7. The van der Waals surface area contributed by atoms with Gasteiger partial charge in [0.15, 0.2) is 0 Å². The molecule has 0 bridgehead atoms. The minimum atomic E-state index is -0.693. The minimum Gasteiger partial charge on any atom is -0.453 e. The maximum Gasteiger partial charge on any atom is 0.407 e. The van der Waals surface area contributed by atoms with E-state index in [1.807, 2.05) is 54.6 Å². The Hall–Kier alpha value is -5.55. The zero-order chi connectivity index (χ0) is 36.9. The molecule has 4 heterocycles. The van der Waals surface area contributed by atoms with Crippen LogP contribution >= 0.6 is 0 Å². The zero-order valence-electron chi connectivity index (χ0n) is 30.5. The lowest BCUT2D eigenvalue weighted by Crippen LogP contribution is -2.46. The molecule has 2 fully saturated rings. The van der Waals surface area contributed by atoms with Crippen LogP contribution in [0.4, 0.5) is 4.79 Å². The second kappa shape index (κ2) is 16.0. The van der Waals surface area contributed by atoms with E-state index in [2.05, 4.69) is 73.9 Å².